The molecule has 0 saturated heterocycles. The summed E-state index contributed by atoms with van der Waals surface area (Å²) in [6.07, 6.45) is 0.623. The van der Waals surface area contributed by atoms with Gasteiger partial charge in [-0.05, 0) is 73.5 Å². The molecule has 4 amide bonds. The fraction of sp³-hybridized carbons (Fsp3) is 0.214. The normalized spacial score (nSPS) is 14.3. The molecule has 0 radical (unpaired) electrons. The van der Waals surface area contributed by atoms with Crippen molar-refractivity contribution < 1.29 is 38.9 Å². The van der Waals surface area contributed by atoms with Crippen LogP contribution in [0.3, 0.4) is 0 Å². The van der Waals surface area contributed by atoms with Crippen molar-refractivity contribution in [2.24, 2.45) is 0 Å². The molecule has 38 heavy (non-hydrogen) atoms. The van der Waals surface area contributed by atoms with Gasteiger partial charge in [0.2, 0.25) is 0 Å². The Morgan fingerprint density at radius 1 is 0.500 bits per heavy atom. The van der Waals surface area contributed by atoms with E-state index in [1.165, 1.54) is 12.1 Å². The highest BCUT2D eigenvalue weighted by Crippen LogP contribution is 2.32. The van der Waals surface area contributed by atoms with Crippen LogP contribution in [0.25, 0.3) is 0 Å². The zero-order valence-corrected chi connectivity index (χ0v) is 20.3. The Bertz CT molecular complexity index is 1320. The van der Waals surface area contributed by atoms with E-state index in [4.69, 9.17) is 19.7 Å². The summed E-state index contributed by atoms with van der Waals surface area (Å²) < 4.78 is 11.7. The van der Waals surface area contributed by atoms with Crippen LogP contribution < -0.4 is 9.47 Å². The number of fused-ring (bicyclic) bond motifs is 2. The van der Waals surface area contributed by atoms with Crippen LogP contribution >= 0.6 is 0 Å². The van der Waals surface area contributed by atoms with Gasteiger partial charge in [0, 0.05) is 26.3 Å². The van der Waals surface area contributed by atoms with Crippen molar-refractivity contribution in [2.75, 3.05) is 26.3 Å². The number of nitrogens with zero attached hydrogens (tertiary/aromatic N) is 2. The highest BCUT2D eigenvalue weighted by Gasteiger charge is 2.36. The summed E-state index contributed by atoms with van der Waals surface area (Å²) in [7, 11) is 0. The molecule has 3 aromatic carbocycles. The summed E-state index contributed by atoms with van der Waals surface area (Å²) >= 11 is 0. The van der Waals surface area contributed by atoms with Crippen molar-refractivity contribution in [1.29, 1.82) is 0 Å². The predicted molar refractivity (Wildman–Crippen MR) is 134 cm³/mol. The highest BCUT2D eigenvalue weighted by molar-refractivity contribution is 6.22. The predicted octanol–water partition coefficient (Wildman–Crippen LogP) is 3.23. The molecule has 0 aromatic heterocycles. The molecule has 5 rings (SSSR count). The third-order valence-corrected chi connectivity index (χ3v) is 6.26. The van der Waals surface area contributed by atoms with Crippen molar-refractivity contribution in [3.63, 3.8) is 0 Å². The van der Waals surface area contributed by atoms with E-state index < -0.39 is 11.8 Å². The Morgan fingerprint density at radius 2 is 0.842 bits per heavy atom. The van der Waals surface area contributed by atoms with Crippen molar-refractivity contribution in [3.8, 4) is 23.0 Å². The summed E-state index contributed by atoms with van der Waals surface area (Å²) in [5, 5.41) is 18.0. The number of aliphatic hydroxyl groups excluding tert-OH is 2. The van der Waals surface area contributed by atoms with Crippen LogP contribution in [0.2, 0.25) is 0 Å². The Kier molecular flexibility index (Phi) is 6.91. The van der Waals surface area contributed by atoms with Gasteiger partial charge in [0.1, 0.15) is 23.0 Å². The second-order valence-electron chi connectivity index (χ2n) is 8.77. The molecule has 0 atom stereocenters. The molecule has 0 unspecified atom stereocenters. The molecule has 0 aliphatic carbocycles. The number of carbonyl (C=O) groups is 4. The van der Waals surface area contributed by atoms with Crippen LogP contribution in [-0.4, -0.2) is 69.9 Å². The van der Waals surface area contributed by atoms with E-state index in [2.05, 4.69) is 0 Å². The largest absolute Gasteiger partial charge is 0.457 e. The highest BCUT2D eigenvalue weighted by atomic mass is 16.5. The fourth-order valence-corrected chi connectivity index (χ4v) is 4.38. The minimum absolute atomic E-state index is 0.115. The minimum Gasteiger partial charge on any atom is -0.457 e. The SMILES string of the molecule is O=C1c2ccc(Oc3ccc(Oc4ccc5c(c4)C(=O)N(CCCO)C5=O)cc3)cc2C(=O)N1CCCO. The molecule has 10 heteroatoms. The molecule has 0 fully saturated rings. The molecule has 2 aliphatic heterocycles. The summed E-state index contributed by atoms with van der Waals surface area (Å²) in [5.41, 5.74) is 1.11. The van der Waals surface area contributed by atoms with E-state index in [0.717, 1.165) is 9.80 Å². The van der Waals surface area contributed by atoms with Crippen molar-refractivity contribution >= 4 is 23.6 Å². The lowest BCUT2D eigenvalue weighted by atomic mass is 10.1. The van der Waals surface area contributed by atoms with Gasteiger partial charge in [-0.2, -0.15) is 0 Å². The van der Waals surface area contributed by atoms with Crippen LogP contribution in [-0.2, 0) is 0 Å². The average molecular weight is 517 g/mol. The number of hydrogen-bond donors (Lipinski definition) is 2. The zero-order chi connectivity index (χ0) is 26.8. The quantitative estimate of drug-likeness (QED) is 0.393. The maximum Gasteiger partial charge on any atom is 0.261 e. The lowest BCUT2D eigenvalue weighted by molar-refractivity contribution is 0.0629. The Hall–Kier alpha value is -4.54. The molecular formula is C28H24N2O8. The first kappa shape index (κ1) is 25.1. The van der Waals surface area contributed by atoms with E-state index in [-0.39, 0.29) is 49.2 Å². The maximum atomic E-state index is 12.6. The molecular weight excluding hydrogens is 492 g/mol. The Balaban J connectivity index is 1.25. The van der Waals surface area contributed by atoms with Gasteiger partial charge < -0.3 is 19.7 Å². The van der Waals surface area contributed by atoms with E-state index in [9.17, 15) is 19.2 Å². The van der Waals surface area contributed by atoms with Crippen molar-refractivity contribution in [3.05, 3.63) is 82.9 Å². The van der Waals surface area contributed by atoms with Gasteiger partial charge in [0.05, 0.1) is 22.3 Å². The summed E-state index contributed by atoms with van der Waals surface area (Å²) in [6, 6.07) is 16.0. The van der Waals surface area contributed by atoms with E-state index in [1.54, 1.807) is 48.5 Å². The summed E-state index contributed by atoms with van der Waals surface area (Å²) in [6.45, 7) is 0.0693. The lowest BCUT2D eigenvalue weighted by Gasteiger charge is -2.12. The molecule has 0 bridgehead atoms. The van der Waals surface area contributed by atoms with E-state index in [1.807, 2.05) is 0 Å². The number of aliphatic hydroxyl groups is 2. The first-order chi connectivity index (χ1) is 18.4. The molecule has 0 saturated carbocycles. The van der Waals surface area contributed by atoms with Crippen LogP contribution in [0.4, 0.5) is 0 Å². The maximum absolute atomic E-state index is 12.6. The third kappa shape index (κ3) is 4.62. The standard InChI is InChI=1S/C28H24N2O8/c31-13-1-11-29-25(33)21-9-7-19(15-23(21)27(29)35)37-17-3-5-18(6-4-17)38-20-8-10-22-24(16-20)28(36)30(26(22)34)12-2-14-32/h3-10,15-16,31-32H,1-2,11-14H2. The summed E-state index contributed by atoms with van der Waals surface area (Å²) in [4.78, 5) is 52.3. The molecule has 3 aromatic rings. The molecule has 10 nitrogen and oxygen atoms in total. The first-order valence-corrected chi connectivity index (χ1v) is 12.1. The van der Waals surface area contributed by atoms with Gasteiger partial charge in [-0.3, -0.25) is 29.0 Å². The molecule has 2 aliphatic rings. The molecule has 2 N–H and O–H groups in total. The first-order valence-electron chi connectivity index (χ1n) is 12.1. The van der Waals surface area contributed by atoms with E-state index >= 15 is 0 Å². The zero-order valence-electron chi connectivity index (χ0n) is 20.3. The van der Waals surface area contributed by atoms with Gasteiger partial charge in [-0.15, -0.1) is 0 Å². The molecule has 2 heterocycles. The number of hydrogen-bond acceptors (Lipinski definition) is 8. The minimum atomic E-state index is -0.418. The summed E-state index contributed by atoms with van der Waals surface area (Å²) in [5.74, 6) is 0.104. The van der Waals surface area contributed by atoms with Gasteiger partial charge in [0.15, 0.2) is 0 Å². The van der Waals surface area contributed by atoms with Gasteiger partial charge in [-0.25, -0.2) is 0 Å². The van der Waals surface area contributed by atoms with Crippen molar-refractivity contribution in [2.45, 2.75) is 12.8 Å². The van der Waals surface area contributed by atoms with Gasteiger partial charge >= 0.3 is 0 Å². The molecule has 194 valence electrons. The number of rotatable bonds is 10. The number of imide groups is 2. The van der Waals surface area contributed by atoms with Gasteiger partial charge in [0.25, 0.3) is 23.6 Å². The second-order valence-corrected chi connectivity index (χ2v) is 8.77. The van der Waals surface area contributed by atoms with Crippen molar-refractivity contribution in [1.82, 2.24) is 9.80 Å². The average Bonchev–Trinajstić information content (AvgIpc) is 3.30. The van der Waals surface area contributed by atoms with Crippen LogP contribution in [0, 0.1) is 0 Å². The topological polar surface area (TPSA) is 134 Å². The number of amides is 4. The Labute approximate surface area is 217 Å². The molecule has 0 spiro atoms. The smallest absolute Gasteiger partial charge is 0.261 e. The van der Waals surface area contributed by atoms with Crippen LogP contribution in [0.5, 0.6) is 23.0 Å². The van der Waals surface area contributed by atoms with Crippen LogP contribution in [0.1, 0.15) is 54.3 Å². The number of benzene rings is 3. The van der Waals surface area contributed by atoms with E-state index in [0.29, 0.717) is 47.0 Å². The monoisotopic (exact) mass is 516 g/mol. The fourth-order valence-electron chi connectivity index (χ4n) is 4.38. The third-order valence-electron chi connectivity index (χ3n) is 6.26. The lowest BCUT2D eigenvalue weighted by Crippen LogP contribution is -2.31. The number of ether oxygens (including phenoxy) is 2. The second kappa shape index (κ2) is 10.4. The number of carbonyl (C=O) groups excluding carboxylic acids is 4. The Morgan fingerprint density at radius 3 is 1.21 bits per heavy atom. The van der Waals surface area contributed by atoms with Gasteiger partial charge in [-0.1, -0.05) is 0 Å². The van der Waals surface area contributed by atoms with Crippen LogP contribution in [0.15, 0.2) is 60.7 Å².